The highest BCUT2D eigenvalue weighted by molar-refractivity contribution is 7.26. The molecule has 0 aliphatic rings. The Bertz CT molecular complexity index is 3410. The summed E-state index contributed by atoms with van der Waals surface area (Å²) >= 11 is 3.71. The highest BCUT2D eigenvalue weighted by atomic mass is 32.1. The van der Waals surface area contributed by atoms with Crippen molar-refractivity contribution in [3.8, 4) is 51.0 Å². The Labute approximate surface area is 335 Å². The van der Waals surface area contributed by atoms with Gasteiger partial charge in [-0.1, -0.05) is 127 Å². The minimum absolute atomic E-state index is 0.661. The van der Waals surface area contributed by atoms with Crippen molar-refractivity contribution in [1.29, 1.82) is 0 Å². The van der Waals surface area contributed by atoms with E-state index in [-0.39, 0.29) is 0 Å². The van der Waals surface area contributed by atoms with Crippen LogP contribution in [0.1, 0.15) is 0 Å². The van der Waals surface area contributed by atoms with Gasteiger partial charge in [-0.2, -0.15) is 0 Å². The molecule has 0 N–H and O–H groups in total. The van der Waals surface area contributed by atoms with Gasteiger partial charge in [-0.15, -0.1) is 22.7 Å². The largest absolute Gasteiger partial charge is 0.309 e. The molecule has 57 heavy (non-hydrogen) atoms. The van der Waals surface area contributed by atoms with E-state index in [1.54, 1.807) is 0 Å². The lowest BCUT2D eigenvalue weighted by Crippen LogP contribution is -2.00. The number of rotatable bonds is 5. The molecule has 0 bridgehead atoms. The Balaban J connectivity index is 1.02. The highest BCUT2D eigenvalue weighted by Gasteiger charge is 2.19. The van der Waals surface area contributed by atoms with Gasteiger partial charge in [-0.05, 0) is 65.7 Å². The van der Waals surface area contributed by atoms with Crippen LogP contribution in [0.4, 0.5) is 0 Å². The summed E-state index contributed by atoms with van der Waals surface area (Å²) < 4.78 is 7.54. The van der Waals surface area contributed by atoms with E-state index in [2.05, 4.69) is 126 Å². The van der Waals surface area contributed by atoms with Gasteiger partial charge in [0.15, 0.2) is 17.5 Å². The van der Waals surface area contributed by atoms with Crippen molar-refractivity contribution in [2.45, 2.75) is 0 Å². The first kappa shape index (κ1) is 32.3. The molecule has 0 aliphatic heterocycles. The Morgan fingerprint density at radius 2 is 0.895 bits per heavy atom. The maximum absolute atomic E-state index is 5.02. The van der Waals surface area contributed by atoms with Crippen molar-refractivity contribution in [2.75, 3.05) is 0 Å². The summed E-state index contributed by atoms with van der Waals surface area (Å²) in [5.74, 6) is 1.98. The average Bonchev–Trinajstić information content (AvgIpc) is 3.96. The molecular formula is C51H30N4S2. The van der Waals surface area contributed by atoms with E-state index in [1.165, 1.54) is 79.0 Å². The summed E-state index contributed by atoms with van der Waals surface area (Å²) in [6.07, 6.45) is 0. The number of aromatic nitrogens is 4. The van der Waals surface area contributed by atoms with Crippen LogP contribution in [-0.2, 0) is 0 Å². The predicted octanol–water partition coefficient (Wildman–Crippen LogP) is 14.4. The SMILES string of the molecule is c1ccc(-c2nc(-c3ccccc3)nc(-c3ccc4sc5c(-c6ccc7sc8cccc(-n9c%10ccccc%10c%10ccccc%109)c8c7c6)cccc5c4c3)n2)cc1. The van der Waals surface area contributed by atoms with Gasteiger partial charge in [-0.25, -0.2) is 15.0 Å². The topological polar surface area (TPSA) is 43.6 Å². The van der Waals surface area contributed by atoms with Crippen LogP contribution in [0.5, 0.6) is 0 Å². The molecule has 4 aromatic heterocycles. The smallest absolute Gasteiger partial charge is 0.164 e. The van der Waals surface area contributed by atoms with E-state index < -0.39 is 0 Å². The van der Waals surface area contributed by atoms with Gasteiger partial charge in [0.25, 0.3) is 0 Å². The molecule has 4 heterocycles. The van der Waals surface area contributed by atoms with Crippen molar-refractivity contribution in [1.82, 2.24) is 19.5 Å². The molecule has 0 atom stereocenters. The maximum Gasteiger partial charge on any atom is 0.164 e. The Kier molecular flexibility index (Phi) is 7.24. The second-order valence-electron chi connectivity index (χ2n) is 14.4. The second kappa shape index (κ2) is 12.8. The zero-order valence-corrected chi connectivity index (χ0v) is 32.1. The summed E-state index contributed by atoms with van der Waals surface area (Å²) in [6.45, 7) is 0. The lowest BCUT2D eigenvalue weighted by atomic mass is 10.00. The maximum atomic E-state index is 5.02. The lowest BCUT2D eigenvalue weighted by Gasteiger charge is -2.11. The number of nitrogens with zero attached hydrogens (tertiary/aromatic N) is 4. The highest BCUT2D eigenvalue weighted by Crippen LogP contribution is 2.45. The molecule has 0 spiro atoms. The summed E-state index contributed by atoms with van der Waals surface area (Å²) in [7, 11) is 0. The first-order chi connectivity index (χ1) is 28.2. The number of benzene rings is 8. The second-order valence-corrected chi connectivity index (χ2v) is 16.5. The molecule has 8 aromatic carbocycles. The lowest BCUT2D eigenvalue weighted by molar-refractivity contribution is 1.07. The van der Waals surface area contributed by atoms with Crippen LogP contribution in [0.3, 0.4) is 0 Å². The van der Waals surface area contributed by atoms with Gasteiger partial charge in [0.05, 0.1) is 16.7 Å². The molecular weight excluding hydrogens is 733 g/mol. The van der Waals surface area contributed by atoms with Gasteiger partial charge in [0, 0.05) is 67.8 Å². The van der Waals surface area contributed by atoms with E-state index >= 15 is 0 Å². The van der Waals surface area contributed by atoms with Crippen molar-refractivity contribution in [2.24, 2.45) is 0 Å². The molecule has 6 heteroatoms. The van der Waals surface area contributed by atoms with Crippen LogP contribution >= 0.6 is 22.7 Å². The van der Waals surface area contributed by atoms with Gasteiger partial charge in [-0.3, -0.25) is 0 Å². The minimum atomic E-state index is 0.661. The fraction of sp³-hybridized carbons (Fsp3) is 0. The molecule has 12 rings (SSSR count). The standard InChI is InChI=1S/C51H30N4S2/c1-3-13-31(14-4-1)49-52-50(32-15-5-2-6-16-32)54-51(53-49)34-26-28-44-39(30-34)38-20-11-19-35(48(38)57-44)33-25-27-45-40(29-33)47-43(23-12-24-46(47)56-45)55-41-21-9-7-17-36(41)37-18-8-10-22-42(37)55/h1-30H. The molecule has 266 valence electrons. The van der Waals surface area contributed by atoms with Gasteiger partial charge >= 0.3 is 0 Å². The fourth-order valence-corrected chi connectivity index (χ4v) is 10.8. The van der Waals surface area contributed by atoms with Crippen molar-refractivity contribution in [3.05, 3.63) is 182 Å². The summed E-state index contributed by atoms with van der Waals surface area (Å²) in [4.78, 5) is 15.0. The van der Waals surface area contributed by atoms with Crippen LogP contribution in [0.25, 0.3) is 113 Å². The number of hydrogen-bond acceptors (Lipinski definition) is 5. The molecule has 12 aromatic rings. The minimum Gasteiger partial charge on any atom is -0.309 e. The van der Waals surface area contributed by atoms with Crippen molar-refractivity contribution in [3.63, 3.8) is 0 Å². The van der Waals surface area contributed by atoms with E-state index in [0.29, 0.717) is 17.5 Å². The van der Waals surface area contributed by atoms with Gasteiger partial charge in [0.1, 0.15) is 0 Å². The summed E-state index contributed by atoms with van der Waals surface area (Å²) in [6, 6.07) is 64.9. The Morgan fingerprint density at radius 3 is 1.58 bits per heavy atom. The number of hydrogen-bond donors (Lipinski definition) is 0. The van der Waals surface area contributed by atoms with Crippen LogP contribution in [0, 0.1) is 0 Å². The Hall–Kier alpha value is -6.99. The van der Waals surface area contributed by atoms with Gasteiger partial charge < -0.3 is 4.57 Å². The van der Waals surface area contributed by atoms with Crippen molar-refractivity contribution < 1.29 is 0 Å². The van der Waals surface area contributed by atoms with Crippen LogP contribution < -0.4 is 0 Å². The van der Waals surface area contributed by atoms with Crippen LogP contribution in [0.2, 0.25) is 0 Å². The molecule has 0 amide bonds. The monoisotopic (exact) mass is 762 g/mol. The van der Waals surface area contributed by atoms with Crippen molar-refractivity contribution >= 4 is 84.8 Å². The number of thiophene rings is 2. The third-order valence-corrected chi connectivity index (χ3v) is 13.4. The quantitative estimate of drug-likeness (QED) is 0.175. The average molecular weight is 763 g/mol. The van der Waals surface area contributed by atoms with E-state index in [4.69, 9.17) is 15.0 Å². The Morgan fingerprint density at radius 1 is 0.351 bits per heavy atom. The fourth-order valence-electron chi connectivity index (χ4n) is 8.45. The van der Waals surface area contributed by atoms with E-state index in [0.717, 1.165) is 16.7 Å². The summed E-state index contributed by atoms with van der Waals surface area (Å²) in [5, 5.41) is 7.55. The molecule has 0 fully saturated rings. The first-order valence-corrected chi connectivity index (χ1v) is 20.7. The third kappa shape index (κ3) is 5.15. The molecule has 0 aliphatic carbocycles. The predicted molar refractivity (Wildman–Crippen MR) is 242 cm³/mol. The van der Waals surface area contributed by atoms with Gasteiger partial charge in [0.2, 0.25) is 0 Å². The van der Waals surface area contributed by atoms with Crippen LogP contribution in [-0.4, -0.2) is 19.5 Å². The zero-order chi connectivity index (χ0) is 37.5. The number of para-hydroxylation sites is 2. The van der Waals surface area contributed by atoms with E-state index in [9.17, 15) is 0 Å². The molecule has 4 nitrogen and oxygen atoms in total. The molecule has 0 radical (unpaired) electrons. The molecule has 0 unspecified atom stereocenters. The van der Waals surface area contributed by atoms with E-state index in [1.807, 2.05) is 83.3 Å². The third-order valence-electron chi connectivity index (χ3n) is 11.1. The normalized spacial score (nSPS) is 11.9. The van der Waals surface area contributed by atoms with Crippen LogP contribution in [0.15, 0.2) is 182 Å². The zero-order valence-electron chi connectivity index (χ0n) is 30.4. The summed E-state index contributed by atoms with van der Waals surface area (Å²) in [5.41, 5.74) is 9.00. The molecule has 0 saturated heterocycles. The number of fused-ring (bicyclic) bond motifs is 9. The molecule has 0 saturated carbocycles. The first-order valence-electron chi connectivity index (χ1n) is 19.0.